The zero-order chi connectivity index (χ0) is 14.9. The van der Waals surface area contributed by atoms with Crippen LogP contribution >= 0.6 is 8.25 Å². The molecule has 1 aromatic rings. The van der Waals surface area contributed by atoms with E-state index in [-0.39, 0.29) is 12.2 Å². The van der Waals surface area contributed by atoms with Crippen LogP contribution in [0.4, 0.5) is 5.82 Å². The summed E-state index contributed by atoms with van der Waals surface area (Å²) in [5, 5.41) is 9.38. The van der Waals surface area contributed by atoms with Gasteiger partial charge in [-0.2, -0.15) is 4.98 Å². The molecule has 0 aromatic carbocycles. The molecule has 20 heavy (non-hydrogen) atoms. The summed E-state index contributed by atoms with van der Waals surface area (Å²) in [5.74, 6) is 0.0837. The molecule has 0 amide bonds. The van der Waals surface area contributed by atoms with Crippen LogP contribution in [0, 0.1) is 0 Å². The minimum absolute atomic E-state index is 0.0837. The Kier molecular flexibility index (Phi) is 4.17. The summed E-state index contributed by atoms with van der Waals surface area (Å²) >= 11 is 0. The third kappa shape index (κ3) is 2.87. The molecule has 4 N–H and O–H groups in total. The molecule has 1 aromatic heterocycles. The van der Waals surface area contributed by atoms with Crippen molar-refractivity contribution in [2.24, 2.45) is 0 Å². The van der Waals surface area contributed by atoms with Gasteiger partial charge in [0.2, 0.25) is 0 Å². The van der Waals surface area contributed by atoms with Crippen LogP contribution in [0.25, 0.3) is 0 Å². The second kappa shape index (κ2) is 5.55. The lowest BCUT2D eigenvalue weighted by Gasteiger charge is -2.24. The van der Waals surface area contributed by atoms with Crippen LogP contribution in [-0.4, -0.2) is 37.9 Å². The van der Waals surface area contributed by atoms with Gasteiger partial charge in [-0.05, 0) is 13.0 Å². The quantitative estimate of drug-likeness (QED) is 0.635. The topological polar surface area (TPSA) is 137 Å². The first-order valence-electron chi connectivity index (χ1n) is 5.82. The molecular weight excluding hydrogens is 289 g/mol. The third-order valence-electron chi connectivity index (χ3n) is 3.20. The molecule has 0 bridgehead atoms. The molecule has 0 aliphatic carbocycles. The summed E-state index contributed by atoms with van der Waals surface area (Å²) in [7, 11) is -2.84. The molecule has 0 spiro atoms. The summed E-state index contributed by atoms with van der Waals surface area (Å²) < 4.78 is 22.4. The number of nitrogens with zero attached hydrogens (tertiary/aromatic N) is 2. The van der Waals surface area contributed by atoms with Gasteiger partial charge in [-0.1, -0.05) is 0 Å². The van der Waals surface area contributed by atoms with Crippen LogP contribution in [0.5, 0.6) is 0 Å². The highest BCUT2D eigenvalue weighted by atomic mass is 31.1. The van der Waals surface area contributed by atoms with Gasteiger partial charge in [0.15, 0.2) is 6.10 Å². The maximum absolute atomic E-state index is 11.7. The van der Waals surface area contributed by atoms with Gasteiger partial charge in [0.05, 0.1) is 6.61 Å². The van der Waals surface area contributed by atoms with E-state index in [1.165, 1.54) is 23.8 Å². The molecule has 1 aliphatic rings. The van der Waals surface area contributed by atoms with Crippen molar-refractivity contribution in [3.8, 4) is 0 Å². The van der Waals surface area contributed by atoms with Crippen LogP contribution < -0.4 is 11.4 Å². The first-order chi connectivity index (χ1) is 9.35. The molecule has 1 fully saturated rings. The number of aliphatic hydroxyl groups is 1. The Morgan fingerprint density at radius 1 is 1.75 bits per heavy atom. The van der Waals surface area contributed by atoms with E-state index < -0.39 is 38.5 Å². The fourth-order valence-electron chi connectivity index (χ4n) is 2.09. The molecule has 1 unspecified atom stereocenters. The van der Waals surface area contributed by atoms with E-state index in [2.05, 4.69) is 4.98 Å². The predicted octanol–water partition coefficient (Wildman–Crippen LogP) is -0.470. The molecule has 0 radical (unpaired) electrons. The number of anilines is 1. The molecule has 10 heteroatoms. The number of hydrogen-bond acceptors (Lipinski definition) is 7. The highest BCUT2D eigenvalue weighted by molar-refractivity contribution is 7.32. The lowest BCUT2D eigenvalue weighted by Crippen LogP contribution is -2.40. The van der Waals surface area contributed by atoms with Crippen LogP contribution in [0.2, 0.25) is 0 Å². The Morgan fingerprint density at radius 3 is 3.00 bits per heavy atom. The van der Waals surface area contributed by atoms with E-state index in [0.29, 0.717) is 0 Å². The van der Waals surface area contributed by atoms with Gasteiger partial charge in [0.1, 0.15) is 17.6 Å². The lowest BCUT2D eigenvalue weighted by molar-refractivity contribution is -0.112. The average Bonchev–Trinajstić information content (AvgIpc) is 2.66. The SMILES string of the molecule is C[C@]1(CO)O[C@@H](n2ccc(N)nc2=O)C[C@H]1O[P+](=O)O. The van der Waals surface area contributed by atoms with Crippen LogP contribution in [0.15, 0.2) is 17.1 Å². The van der Waals surface area contributed by atoms with Crippen molar-refractivity contribution in [2.45, 2.75) is 31.3 Å². The van der Waals surface area contributed by atoms with Gasteiger partial charge in [-0.25, -0.2) is 4.79 Å². The van der Waals surface area contributed by atoms with Gasteiger partial charge < -0.3 is 15.6 Å². The van der Waals surface area contributed by atoms with Crippen molar-refractivity contribution in [1.82, 2.24) is 9.55 Å². The molecular formula is C10H15N3O6P+. The Labute approximate surface area is 114 Å². The standard InChI is InChI=1S/C10H14N3O6P/c1-10(5-14)6(19-20(16)17)4-8(18-10)13-3-2-7(11)12-9(13)15/h2-3,6,8,14H,4-5H2,1H3,(H2-,11,12,15,16,17)/p+1/t6-,8-,10-/m1/s1. The molecule has 2 rings (SSSR count). The van der Waals surface area contributed by atoms with E-state index in [1.54, 1.807) is 0 Å². The second-order valence-corrected chi connectivity index (χ2v) is 5.34. The first kappa shape index (κ1) is 15.0. The van der Waals surface area contributed by atoms with Crippen molar-refractivity contribution in [1.29, 1.82) is 0 Å². The number of nitrogen functional groups attached to an aromatic ring is 1. The van der Waals surface area contributed by atoms with Crippen LogP contribution in [0.1, 0.15) is 19.6 Å². The first-order valence-corrected chi connectivity index (χ1v) is 6.95. The number of nitrogens with two attached hydrogens (primary N) is 1. The van der Waals surface area contributed by atoms with Crippen molar-refractivity contribution in [3.63, 3.8) is 0 Å². The molecule has 0 saturated carbocycles. The summed E-state index contributed by atoms with van der Waals surface area (Å²) in [4.78, 5) is 24.2. The maximum Gasteiger partial charge on any atom is 0.695 e. The minimum atomic E-state index is -2.84. The Hall–Kier alpha value is -1.38. The largest absolute Gasteiger partial charge is 0.695 e. The summed E-state index contributed by atoms with van der Waals surface area (Å²) in [5.41, 5.74) is 3.61. The molecule has 4 atom stereocenters. The van der Waals surface area contributed by atoms with E-state index in [9.17, 15) is 14.5 Å². The normalized spacial score (nSPS) is 30.4. The number of rotatable bonds is 4. The van der Waals surface area contributed by atoms with Gasteiger partial charge >= 0.3 is 13.9 Å². The van der Waals surface area contributed by atoms with Gasteiger partial charge in [-0.3, -0.25) is 4.57 Å². The van der Waals surface area contributed by atoms with E-state index in [4.69, 9.17) is 19.9 Å². The van der Waals surface area contributed by atoms with Crippen molar-refractivity contribution in [2.75, 3.05) is 12.3 Å². The Balaban J connectivity index is 2.28. The third-order valence-corrected chi connectivity index (χ3v) is 3.63. The van der Waals surface area contributed by atoms with Crippen LogP contribution in [-0.2, 0) is 13.8 Å². The summed E-state index contributed by atoms with van der Waals surface area (Å²) in [6.45, 7) is 1.11. The number of aromatic nitrogens is 2. The monoisotopic (exact) mass is 304 g/mol. The minimum Gasteiger partial charge on any atom is -0.393 e. The van der Waals surface area contributed by atoms with Crippen molar-refractivity contribution < 1.29 is 23.8 Å². The Bertz CT molecular complexity index is 578. The number of aliphatic hydroxyl groups excluding tert-OH is 1. The second-order valence-electron chi connectivity index (χ2n) is 4.65. The summed E-state index contributed by atoms with van der Waals surface area (Å²) in [6.07, 6.45) is -0.0400. The van der Waals surface area contributed by atoms with Gasteiger partial charge in [-0.15, -0.1) is 9.42 Å². The highest BCUT2D eigenvalue weighted by Crippen LogP contribution is 2.41. The van der Waals surface area contributed by atoms with Crippen molar-refractivity contribution >= 4 is 14.1 Å². The Morgan fingerprint density at radius 2 is 2.45 bits per heavy atom. The molecule has 2 heterocycles. The highest BCUT2D eigenvalue weighted by Gasteiger charge is 2.50. The fraction of sp³-hybridized carbons (Fsp3) is 0.600. The average molecular weight is 304 g/mol. The lowest BCUT2D eigenvalue weighted by atomic mass is 10.0. The number of hydrogen-bond donors (Lipinski definition) is 3. The van der Waals surface area contributed by atoms with Gasteiger partial charge in [0.25, 0.3) is 0 Å². The summed E-state index contributed by atoms with van der Waals surface area (Å²) in [6, 6.07) is 1.43. The molecule has 9 nitrogen and oxygen atoms in total. The predicted molar refractivity (Wildman–Crippen MR) is 67.8 cm³/mol. The zero-order valence-corrected chi connectivity index (χ0v) is 11.6. The zero-order valence-electron chi connectivity index (χ0n) is 10.7. The molecule has 1 saturated heterocycles. The number of ether oxygens (including phenoxy) is 1. The maximum atomic E-state index is 11.7. The fourth-order valence-corrected chi connectivity index (χ4v) is 2.61. The van der Waals surface area contributed by atoms with Crippen LogP contribution in [0.3, 0.4) is 0 Å². The van der Waals surface area contributed by atoms with Gasteiger partial charge in [0, 0.05) is 17.2 Å². The van der Waals surface area contributed by atoms with E-state index >= 15 is 0 Å². The molecule has 110 valence electrons. The van der Waals surface area contributed by atoms with Crippen molar-refractivity contribution in [3.05, 3.63) is 22.7 Å². The molecule has 1 aliphatic heterocycles. The van der Waals surface area contributed by atoms with E-state index in [0.717, 1.165) is 0 Å². The van der Waals surface area contributed by atoms with E-state index in [1.807, 2.05) is 0 Å². The smallest absolute Gasteiger partial charge is 0.393 e.